The molecular weight excluding hydrogens is 303 g/mol. The molecule has 0 amide bonds. The van der Waals surface area contributed by atoms with Gasteiger partial charge in [0.1, 0.15) is 12.8 Å². The van der Waals surface area contributed by atoms with Crippen LogP contribution in [-0.2, 0) is 12.8 Å². The highest BCUT2D eigenvalue weighted by Crippen LogP contribution is 2.27. The Hall–Kier alpha value is -1.16. The fourth-order valence-electron chi connectivity index (χ4n) is 3.95. The number of hydrogen-bond donors (Lipinski definition) is 0. The Morgan fingerprint density at radius 3 is 2.79 bits per heavy atom. The van der Waals surface area contributed by atoms with Crippen molar-refractivity contribution >= 4 is 0 Å². The third kappa shape index (κ3) is 5.17. The first-order valence-corrected chi connectivity index (χ1v) is 9.69. The summed E-state index contributed by atoms with van der Waals surface area (Å²) in [6.07, 6.45) is 9.60. The zero-order valence-electron chi connectivity index (χ0n) is 15.0. The average molecular weight is 334 g/mol. The zero-order chi connectivity index (χ0) is 16.8. The molecule has 0 aromatic carbocycles. The van der Waals surface area contributed by atoms with E-state index in [0.717, 1.165) is 37.5 Å². The highest BCUT2D eigenvalue weighted by Gasteiger charge is 2.18. The second kappa shape index (κ2) is 8.80. The van der Waals surface area contributed by atoms with Crippen LogP contribution >= 0.6 is 0 Å². The van der Waals surface area contributed by atoms with E-state index in [1.54, 1.807) is 0 Å². The first-order chi connectivity index (χ1) is 11.7. The van der Waals surface area contributed by atoms with Crippen molar-refractivity contribution in [3.63, 3.8) is 0 Å². The van der Waals surface area contributed by atoms with Crippen molar-refractivity contribution in [1.29, 1.82) is 0 Å². The molecule has 1 saturated carbocycles. The molecule has 4 heteroatoms. The first kappa shape index (κ1) is 17.7. The molecule has 1 aromatic heterocycles. The molecule has 3 nitrogen and oxygen atoms in total. The van der Waals surface area contributed by atoms with Crippen LogP contribution in [0.4, 0.5) is 4.39 Å². The molecule has 24 heavy (non-hydrogen) atoms. The Morgan fingerprint density at radius 2 is 2.00 bits per heavy atom. The highest BCUT2D eigenvalue weighted by atomic mass is 19.1. The van der Waals surface area contributed by atoms with Gasteiger partial charge in [-0.2, -0.15) is 0 Å². The van der Waals surface area contributed by atoms with Crippen molar-refractivity contribution < 1.29 is 9.13 Å². The Bertz CT molecular complexity index is 514. The van der Waals surface area contributed by atoms with Crippen LogP contribution in [0, 0.1) is 5.92 Å². The van der Waals surface area contributed by atoms with Crippen LogP contribution in [-0.4, -0.2) is 42.3 Å². The molecule has 2 aliphatic rings. The number of ether oxygens (including phenoxy) is 1. The molecule has 0 bridgehead atoms. The smallest absolute Gasteiger partial charge is 0.213 e. The van der Waals surface area contributed by atoms with Gasteiger partial charge >= 0.3 is 0 Å². The minimum atomic E-state index is -0.958. The highest BCUT2D eigenvalue weighted by molar-refractivity contribution is 5.27. The van der Waals surface area contributed by atoms with E-state index in [-0.39, 0.29) is 6.61 Å². The monoisotopic (exact) mass is 334 g/mol. The number of nitrogens with zero attached hydrogens (tertiary/aromatic N) is 2. The van der Waals surface area contributed by atoms with Gasteiger partial charge in [0.25, 0.3) is 0 Å². The fraction of sp³-hybridized carbons (Fsp3) is 0.750. The lowest BCUT2D eigenvalue weighted by atomic mass is 9.87. The van der Waals surface area contributed by atoms with Gasteiger partial charge in [-0.15, -0.1) is 0 Å². The van der Waals surface area contributed by atoms with E-state index < -0.39 is 6.17 Å². The second-order valence-corrected chi connectivity index (χ2v) is 7.48. The lowest BCUT2D eigenvalue weighted by Crippen LogP contribution is -2.29. The molecule has 2 heterocycles. The van der Waals surface area contributed by atoms with Crippen LogP contribution in [0.5, 0.6) is 5.88 Å². The summed E-state index contributed by atoms with van der Waals surface area (Å²) in [5.74, 6) is 1.51. The molecule has 0 radical (unpaired) electrons. The molecule has 3 rings (SSSR count). The van der Waals surface area contributed by atoms with Gasteiger partial charge in [0.15, 0.2) is 0 Å². The molecule has 1 aromatic rings. The van der Waals surface area contributed by atoms with Gasteiger partial charge in [-0.05, 0) is 37.8 Å². The first-order valence-electron chi connectivity index (χ1n) is 9.69. The molecule has 1 fully saturated rings. The van der Waals surface area contributed by atoms with E-state index >= 15 is 0 Å². The van der Waals surface area contributed by atoms with E-state index in [2.05, 4.69) is 16.0 Å². The fourth-order valence-corrected chi connectivity index (χ4v) is 3.95. The summed E-state index contributed by atoms with van der Waals surface area (Å²) >= 11 is 0. The van der Waals surface area contributed by atoms with Crippen LogP contribution in [0.1, 0.15) is 56.7 Å². The van der Waals surface area contributed by atoms with Gasteiger partial charge in [-0.3, -0.25) is 0 Å². The molecule has 1 atom stereocenters. The van der Waals surface area contributed by atoms with Crippen molar-refractivity contribution in [3.8, 4) is 5.88 Å². The molecule has 0 spiro atoms. The number of fused-ring (bicyclic) bond motifs is 1. The number of hydrogen-bond acceptors (Lipinski definition) is 3. The van der Waals surface area contributed by atoms with E-state index in [9.17, 15) is 4.39 Å². The third-order valence-corrected chi connectivity index (χ3v) is 5.44. The van der Waals surface area contributed by atoms with Crippen LogP contribution < -0.4 is 4.74 Å². The SMILES string of the molecule is CC(F)COc1ccc2c(n1)CCN(CCC1CCCCC1)CC2. The van der Waals surface area contributed by atoms with Crippen LogP contribution in [0.25, 0.3) is 0 Å². The predicted molar refractivity (Wildman–Crippen MR) is 95.3 cm³/mol. The van der Waals surface area contributed by atoms with Crippen molar-refractivity contribution in [2.45, 2.75) is 64.5 Å². The van der Waals surface area contributed by atoms with Crippen molar-refractivity contribution in [3.05, 3.63) is 23.4 Å². The maximum Gasteiger partial charge on any atom is 0.213 e. The summed E-state index contributed by atoms with van der Waals surface area (Å²) in [5.41, 5.74) is 2.47. The summed E-state index contributed by atoms with van der Waals surface area (Å²) in [6.45, 7) is 5.02. The maximum atomic E-state index is 12.9. The van der Waals surface area contributed by atoms with Gasteiger partial charge < -0.3 is 9.64 Å². The number of halogens is 1. The minimum Gasteiger partial charge on any atom is -0.475 e. The predicted octanol–water partition coefficient (Wildman–Crippen LogP) is 4.19. The summed E-state index contributed by atoms with van der Waals surface area (Å²) in [6, 6.07) is 4.00. The molecule has 1 aliphatic heterocycles. The van der Waals surface area contributed by atoms with Crippen molar-refractivity contribution in [1.82, 2.24) is 9.88 Å². The molecule has 134 valence electrons. The maximum absolute atomic E-state index is 12.9. The zero-order valence-corrected chi connectivity index (χ0v) is 15.0. The van der Waals surface area contributed by atoms with E-state index in [1.165, 1.54) is 57.6 Å². The summed E-state index contributed by atoms with van der Waals surface area (Å²) in [7, 11) is 0. The Kier molecular flexibility index (Phi) is 6.47. The molecule has 0 N–H and O–H groups in total. The average Bonchev–Trinajstić information content (AvgIpc) is 2.81. The summed E-state index contributed by atoms with van der Waals surface area (Å²) in [4.78, 5) is 7.21. The van der Waals surface area contributed by atoms with Gasteiger partial charge in [0.05, 0.1) is 0 Å². The van der Waals surface area contributed by atoms with E-state index in [1.807, 2.05) is 6.07 Å². The van der Waals surface area contributed by atoms with E-state index in [4.69, 9.17) is 4.74 Å². The molecule has 1 aliphatic carbocycles. The van der Waals surface area contributed by atoms with Crippen molar-refractivity contribution in [2.75, 3.05) is 26.2 Å². The second-order valence-electron chi connectivity index (χ2n) is 7.48. The minimum absolute atomic E-state index is 0.0826. The molecule has 0 saturated heterocycles. The number of aromatic nitrogens is 1. The van der Waals surface area contributed by atoms with Crippen LogP contribution in [0.2, 0.25) is 0 Å². The van der Waals surface area contributed by atoms with Gasteiger partial charge in [-0.1, -0.05) is 38.2 Å². The lowest BCUT2D eigenvalue weighted by Gasteiger charge is -2.26. The Morgan fingerprint density at radius 1 is 1.21 bits per heavy atom. The van der Waals surface area contributed by atoms with Gasteiger partial charge in [-0.25, -0.2) is 9.37 Å². The van der Waals surface area contributed by atoms with Crippen LogP contribution in [0.15, 0.2) is 12.1 Å². The standard InChI is InChI=1S/C20H31FN2O/c1-16(21)15-24-20-8-7-18-10-13-23(14-11-19(18)22-20)12-9-17-5-3-2-4-6-17/h7-8,16-17H,2-6,9-15H2,1H3. The van der Waals surface area contributed by atoms with Crippen molar-refractivity contribution in [2.24, 2.45) is 5.92 Å². The van der Waals surface area contributed by atoms with Crippen LogP contribution in [0.3, 0.4) is 0 Å². The lowest BCUT2D eigenvalue weighted by molar-refractivity contribution is 0.203. The topological polar surface area (TPSA) is 25.4 Å². The third-order valence-electron chi connectivity index (χ3n) is 5.44. The molecular formula is C20H31FN2O. The summed E-state index contributed by atoms with van der Waals surface area (Å²) in [5, 5.41) is 0. The summed E-state index contributed by atoms with van der Waals surface area (Å²) < 4.78 is 18.3. The quantitative estimate of drug-likeness (QED) is 0.780. The normalized spacial score (nSPS) is 21.1. The number of alkyl halides is 1. The number of pyridine rings is 1. The van der Waals surface area contributed by atoms with Gasteiger partial charge in [0, 0.05) is 31.3 Å². The van der Waals surface area contributed by atoms with E-state index in [0.29, 0.717) is 5.88 Å². The van der Waals surface area contributed by atoms with Gasteiger partial charge in [0.2, 0.25) is 5.88 Å². The molecule has 1 unspecified atom stereocenters. The Labute approximate surface area is 145 Å². The largest absolute Gasteiger partial charge is 0.475 e. The Balaban J connectivity index is 1.50. The number of rotatable bonds is 6.